The Labute approximate surface area is 159 Å². The molecule has 132 valence electrons. The highest BCUT2D eigenvalue weighted by Gasteiger charge is 2.36. The number of aromatic nitrogens is 1. The molecule has 1 aromatic carbocycles. The van der Waals surface area contributed by atoms with E-state index in [2.05, 4.69) is 20.9 Å². The minimum absolute atomic E-state index is 0.112. The fourth-order valence-electron chi connectivity index (χ4n) is 2.77. The van der Waals surface area contributed by atoms with E-state index in [-0.39, 0.29) is 17.6 Å². The molecule has 0 spiro atoms. The average molecular weight is 428 g/mol. The molecule has 2 aromatic rings. The van der Waals surface area contributed by atoms with Gasteiger partial charge in [0, 0.05) is 6.42 Å². The zero-order valence-electron chi connectivity index (χ0n) is 13.9. The van der Waals surface area contributed by atoms with Gasteiger partial charge in [-0.3, -0.25) is 4.79 Å². The van der Waals surface area contributed by atoms with Gasteiger partial charge < -0.3 is 9.64 Å². The van der Waals surface area contributed by atoms with E-state index >= 15 is 0 Å². The van der Waals surface area contributed by atoms with Crippen molar-refractivity contribution in [3.8, 4) is 5.88 Å². The summed E-state index contributed by atoms with van der Waals surface area (Å²) < 4.78 is 19.6. The van der Waals surface area contributed by atoms with E-state index in [0.717, 1.165) is 11.1 Å². The molecule has 0 saturated carbocycles. The summed E-state index contributed by atoms with van der Waals surface area (Å²) in [4.78, 5) is 18.4. The second kappa shape index (κ2) is 6.92. The SMILES string of the molecule is CC1(C)CN(C(=O)CCl)c2cc(Cc3ccc(F)cc3)c(Br)nc2O1. The number of pyridine rings is 1. The van der Waals surface area contributed by atoms with Crippen LogP contribution in [0.2, 0.25) is 0 Å². The van der Waals surface area contributed by atoms with Crippen LogP contribution in [0.15, 0.2) is 34.9 Å². The van der Waals surface area contributed by atoms with Gasteiger partial charge in [0.1, 0.15) is 27.6 Å². The van der Waals surface area contributed by atoms with Crippen LogP contribution < -0.4 is 9.64 Å². The highest BCUT2D eigenvalue weighted by Crippen LogP contribution is 2.38. The highest BCUT2D eigenvalue weighted by molar-refractivity contribution is 9.10. The molecule has 4 nitrogen and oxygen atoms in total. The van der Waals surface area contributed by atoms with E-state index < -0.39 is 5.60 Å². The molecule has 1 aliphatic rings. The molecule has 0 atom stereocenters. The number of hydrogen-bond acceptors (Lipinski definition) is 3. The topological polar surface area (TPSA) is 42.4 Å². The summed E-state index contributed by atoms with van der Waals surface area (Å²) in [6.07, 6.45) is 0.549. The molecule has 0 saturated heterocycles. The number of ether oxygens (including phenoxy) is 1. The van der Waals surface area contributed by atoms with Crippen molar-refractivity contribution in [1.29, 1.82) is 0 Å². The summed E-state index contributed by atoms with van der Waals surface area (Å²) >= 11 is 9.23. The van der Waals surface area contributed by atoms with Gasteiger partial charge in [0.25, 0.3) is 0 Å². The summed E-state index contributed by atoms with van der Waals surface area (Å²) in [6.45, 7) is 4.18. The minimum Gasteiger partial charge on any atom is -0.468 e. The molecule has 0 aliphatic carbocycles. The van der Waals surface area contributed by atoms with E-state index in [1.165, 1.54) is 12.1 Å². The predicted octanol–water partition coefficient (Wildman–Crippen LogP) is 4.32. The van der Waals surface area contributed by atoms with Crippen molar-refractivity contribution in [3.63, 3.8) is 0 Å². The molecule has 1 aromatic heterocycles. The van der Waals surface area contributed by atoms with Gasteiger partial charge in [0.05, 0.1) is 6.54 Å². The molecule has 3 rings (SSSR count). The summed E-state index contributed by atoms with van der Waals surface area (Å²) in [5.41, 5.74) is 1.86. The van der Waals surface area contributed by atoms with Crippen molar-refractivity contribution in [2.45, 2.75) is 25.9 Å². The molecule has 0 unspecified atom stereocenters. The zero-order valence-corrected chi connectivity index (χ0v) is 16.2. The van der Waals surface area contributed by atoms with E-state index in [9.17, 15) is 9.18 Å². The lowest BCUT2D eigenvalue weighted by Crippen LogP contribution is -2.50. The van der Waals surface area contributed by atoms with E-state index in [0.29, 0.717) is 29.1 Å². The number of carbonyl (C=O) groups is 1. The predicted molar refractivity (Wildman–Crippen MR) is 98.9 cm³/mol. The first-order valence-electron chi connectivity index (χ1n) is 7.78. The number of anilines is 1. The molecule has 0 bridgehead atoms. The van der Waals surface area contributed by atoms with Gasteiger partial charge >= 0.3 is 0 Å². The maximum atomic E-state index is 13.1. The van der Waals surface area contributed by atoms with Crippen molar-refractivity contribution in [3.05, 3.63) is 51.9 Å². The molecular weight excluding hydrogens is 411 g/mol. The van der Waals surface area contributed by atoms with Crippen LogP contribution in [0, 0.1) is 5.82 Å². The number of carbonyl (C=O) groups excluding carboxylic acids is 1. The normalized spacial score (nSPS) is 15.5. The molecule has 1 aliphatic heterocycles. The summed E-state index contributed by atoms with van der Waals surface area (Å²) in [6, 6.07) is 8.16. The van der Waals surface area contributed by atoms with Crippen LogP contribution >= 0.6 is 27.5 Å². The lowest BCUT2D eigenvalue weighted by atomic mass is 10.0. The van der Waals surface area contributed by atoms with Crippen LogP contribution in [-0.2, 0) is 11.2 Å². The lowest BCUT2D eigenvalue weighted by molar-refractivity contribution is -0.117. The van der Waals surface area contributed by atoms with Crippen LogP contribution in [-0.4, -0.2) is 28.9 Å². The number of hydrogen-bond donors (Lipinski definition) is 0. The van der Waals surface area contributed by atoms with Crippen LogP contribution in [0.25, 0.3) is 0 Å². The Hall–Kier alpha value is -1.66. The molecule has 25 heavy (non-hydrogen) atoms. The summed E-state index contributed by atoms with van der Waals surface area (Å²) in [7, 11) is 0. The summed E-state index contributed by atoms with van der Waals surface area (Å²) in [5, 5.41) is 0. The third-order valence-corrected chi connectivity index (χ3v) is 4.84. The molecular formula is C18H17BrClFN2O2. The Balaban J connectivity index is 2.00. The van der Waals surface area contributed by atoms with E-state index in [4.69, 9.17) is 16.3 Å². The quantitative estimate of drug-likeness (QED) is 0.541. The largest absolute Gasteiger partial charge is 0.468 e. The molecule has 0 fully saturated rings. The number of amides is 1. The van der Waals surface area contributed by atoms with Crippen LogP contribution in [0.1, 0.15) is 25.0 Å². The van der Waals surface area contributed by atoms with Crippen LogP contribution in [0.5, 0.6) is 5.88 Å². The smallest absolute Gasteiger partial charge is 0.242 e. The second-order valence-corrected chi connectivity index (χ2v) is 7.56. The van der Waals surface area contributed by atoms with Crippen LogP contribution in [0.3, 0.4) is 0 Å². The first kappa shape index (κ1) is 18.1. The standard InChI is InChI=1S/C18H17BrClFN2O2/c1-18(2)10-23(15(24)9-20)14-8-12(16(19)22-17(14)25-18)7-11-3-5-13(21)6-4-11/h3-6,8H,7,9-10H2,1-2H3. The number of halogens is 3. The number of benzene rings is 1. The molecule has 7 heteroatoms. The Morgan fingerprint density at radius 3 is 2.72 bits per heavy atom. The number of alkyl halides is 1. The zero-order chi connectivity index (χ0) is 18.2. The Morgan fingerprint density at radius 2 is 2.08 bits per heavy atom. The maximum absolute atomic E-state index is 13.1. The van der Waals surface area contributed by atoms with Crippen molar-refractivity contribution in [2.75, 3.05) is 17.3 Å². The Bertz CT molecular complexity index is 811. The molecule has 2 heterocycles. The monoisotopic (exact) mass is 426 g/mol. The Kier molecular flexibility index (Phi) is 5.02. The van der Waals surface area contributed by atoms with Gasteiger partial charge in [-0.05, 0) is 59.1 Å². The third-order valence-electron chi connectivity index (χ3n) is 3.92. The Morgan fingerprint density at radius 1 is 1.40 bits per heavy atom. The molecule has 0 N–H and O–H groups in total. The van der Waals surface area contributed by atoms with Crippen molar-refractivity contribution in [2.24, 2.45) is 0 Å². The van der Waals surface area contributed by atoms with Crippen molar-refractivity contribution in [1.82, 2.24) is 4.98 Å². The number of nitrogens with zero attached hydrogens (tertiary/aromatic N) is 2. The number of fused-ring (bicyclic) bond motifs is 1. The first-order chi connectivity index (χ1) is 11.8. The fourth-order valence-corrected chi connectivity index (χ4v) is 3.33. The van der Waals surface area contributed by atoms with Gasteiger partial charge in [-0.2, -0.15) is 0 Å². The molecule has 1 amide bonds. The van der Waals surface area contributed by atoms with Gasteiger partial charge in [-0.1, -0.05) is 12.1 Å². The average Bonchev–Trinajstić information content (AvgIpc) is 2.56. The highest BCUT2D eigenvalue weighted by atomic mass is 79.9. The third kappa shape index (κ3) is 3.96. The first-order valence-corrected chi connectivity index (χ1v) is 9.11. The van der Waals surface area contributed by atoms with E-state index in [1.807, 2.05) is 19.9 Å². The minimum atomic E-state index is -0.556. The fraction of sp³-hybridized carbons (Fsp3) is 0.333. The van der Waals surface area contributed by atoms with Crippen molar-refractivity contribution < 1.29 is 13.9 Å². The van der Waals surface area contributed by atoms with Gasteiger partial charge in [0.2, 0.25) is 11.8 Å². The van der Waals surface area contributed by atoms with E-state index in [1.54, 1.807) is 17.0 Å². The molecule has 0 radical (unpaired) electrons. The van der Waals surface area contributed by atoms with Gasteiger partial charge in [-0.15, -0.1) is 11.6 Å². The van der Waals surface area contributed by atoms with Gasteiger partial charge in [-0.25, -0.2) is 9.37 Å². The van der Waals surface area contributed by atoms with Crippen molar-refractivity contribution >= 4 is 39.1 Å². The number of rotatable bonds is 3. The van der Waals surface area contributed by atoms with Crippen LogP contribution in [0.4, 0.5) is 10.1 Å². The maximum Gasteiger partial charge on any atom is 0.242 e. The lowest BCUT2D eigenvalue weighted by Gasteiger charge is -2.39. The van der Waals surface area contributed by atoms with Gasteiger partial charge in [0.15, 0.2) is 0 Å². The second-order valence-electron chi connectivity index (χ2n) is 6.54. The summed E-state index contributed by atoms with van der Waals surface area (Å²) in [5.74, 6) is -0.194.